The molecule has 0 unspecified atom stereocenters. The highest BCUT2D eigenvalue weighted by atomic mass is 32.2. The zero-order valence-electron chi connectivity index (χ0n) is 17.7. The van der Waals surface area contributed by atoms with E-state index in [4.69, 9.17) is 4.42 Å². The fourth-order valence-corrected chi connectivity index (χ4v) is 5.68. The van der Waals surface area contributed by atoms with Gasteiger partial charge in [-0.25, -0.2) is 22.1 Å². The van der Waals surface area contributed by atoms with Crippen LogP contribution in [-0.4, -0.2) is 61.1 Å². The molecule has 164 valence electrons. The molecule has 0 amide bonds. The molecule has 1 atom stereocenters. The van der Waals surface area contributed by atoms with Gasteiger partial charge in [0.15, 0.2) is 0 Å². The summed E-state index contributed by atoms with van der Waals surface area (Å²) >= 11 is 0. The van der Waals surface area contributed by atoms with E-state index < -0.39 is 10.0 Å². The van der Waals surface area contributed by atoms with Gasteiger partial charge in [-0.3, -0.25) is 4.90 Å². The van der Waals surface area contributed by atoms with Crippen LogP contribution in [0.5, 0.6) is 0 Å². The molecule has 0 N–H and O–H groups in total. The maximum atomic E-state index is 14.0. The first-order chi connectivity index (χ1) is 14.2. The molecule has 2 aliphatic heterocycles. The lowest BCUT2D eigenvalue weighted by Gasteiger charge is -2.44. The summed E-state index contributed by atoms with van der Waals surface area (Å²) in [6.45, 7) is 5.21. The second-order valence-corrected chi connectivity index (χ2v) is 10.9. The molecule has 0 bridgehead atoms. The van der Waals surface area contributed by atoms with E-state index in [2.05, 4.69) is 16.8 Å². The van der Waals surface area contributed by atoms with Crippen LogP contribution in [-0.2, 0) is 21.9 Å². The van der Waals surface area contributed by atoms with E-state index in [0.717, 1.165) is 38.8 Å². The van der Waals surface area contributed by atoms with E-state index in [1.54, 1.807) is 22.6 Å². The Labute approximate surface area is 178 Å². The van der Waals surface area contributed by atoms with Crippen LogP contribution in [0.3, 0.4) is 0 Å². The van der Waals surface area contributed by atoms with Gasteiger partial charge in [0.05, 0.1) is 17.9 Å². The summed E-state index contributed by atoms with van der Waals surface area (Å²) in [7, 11) is -3.11. The van der Waals surface area contributed by atoms with Crippen LogP contribution >= 0.6 is 0 Å². The summed E-state index contributed by atoms with van der Waals surface area (Å²) in [5, 5.41) is 0. The summed E-state index contributed by atoms with van der Waals surface area (Å²) in [5.41, 5.74) is 0.410. The highest BCUT2D eigenvalue weighted by molar-refractivity contribution is 7.88. The molecule has 1 aromatic heterocycles. The van der Waals surface area contributed by atoms with Gasteiger partial charge in [0.2, 0.25) is 15.9 Å². The molecule has 2 aliphatic rings. The van der Waals surface area contributed by atoms with Crippen LogP contribution in [0.1, 0.15) is 49.8 Å². The molecule has 4 rings (SSSR count). The van der Waals surface area contributed by atoms with E-state index in [9.17, 15) is 12.8 Å². The summed E-state index contributed by atoms with van der Waals surface area (Å²) < 4.78 is 45.2. The minimum atomic E-state index is -3.11. The van der Waals surface area contributed by atoms with Crippen molar-refractivity contribution in [1.29, 1.82) is 0 Å². The Balaban J connectivity index is 1.42. The lowest BCUT2D eigenvalue weighted by atomic mass is 9.80. The fourth-order valence-electron chi connectivity index (χ4n) is 4.80. The van der Waals surface area contributed by atoms with E-state index in [1.807, 2.05) is 6.07 Å². The Bertz CT molecular complexity index is 985. The van der Waals surface area contributed by atoms with Crippen LogP contribution in [0, 0.1) is 5.82 Å². The number of sulfonamides is 1. The molecule has 3 heterocycles. The van der Waals surface area contributed by atoms with Crippen LogP contribution < -0.4 is 0 Å². The van der Waals surface area contributed by atoms with Crippen molar-refractivity contribution in [2.75, 3.05) is 32.4 Å². The van der Waals surface area contributed by atoms with E-state index >= 15 is 0 Å². The number of halogens is 1. The Kier molecular flexibility index (Phi) is 6.01. The Hall–Kier alpha value is -1.77. The monoisotopic (exact) mass is 435 g/mol. The van der Waals surface area contributed by atoms with E-state index in [0.29, 0.717) is 42.8 Å². The lowest BCUT2D eigenvalue weighted by molar-refractivity contribution is 0.0694. The minimum absolute atomic E-state index is 0.195. The number of rotatable bonds is 5. The highest BCUT2D eigenvalue weighted by Crippen LogP contribution is 2.36. The van der Waals surface area contributed by atoms with Gasteiger partial charge in [-0.2, -0.15) is 0 Å². The van der Waals surface area contributed by atoms with Gasteiger partial charge < -0.3 is 4.42 Å². The summed E-state index contributed by atoms with van der Waals surface area (Å²) in [4.78, 5) is 7.03. The van der Waals surface area contributed by atoms with Crippen molar-refractivity contribution in [2.45, 2.75) is 50.5 Å². The molecular weight excluding hydrogens is 405 g/mol. The van der Waals surface area contributed by atoms with Gasteiger partial charge in [0, 0.05) is 32.1 Å². The molecule has 2 aromatic rings. The molecule has 0 spiro atoms. The van der Waals surface area contributed by atoms with Gasteiger partial charge in [0.1, 0.15) is 11.6 Å². The summed E-state index contributed by atoms with van der Waals surface area (Å²) in [6, 6.07) is 7.12. The molecule has 1 aromatic carbocycles. The van der Waals surface area contributed by atoms with Crippen molar-refractivity contribution in [3.63, 3.8) is 0 Å². The second-order valence-electron chi connectivity index (χ2n) is 8.93. The van der Waals surface area contributed by atoms with Crippen LogP contribution in [0.4, 0.5) is 4.39 Å². The molecule has 6 nitrogen and oxygen atoms in total. The predicted molar refractivity (Wildman–Crippen MR) is 113 cm³/mol. The average Bonchev–Trinajstić information content (AvgIpc) is 3.19. The first-order valence-electron chi connectivity index (χ1n) is 10.6. The third kappa shape index (κ3) is 4.60. The average molecular weight is 436 g/mol. The number of nitrogens with zero attached hydrogens (tertiary/aromatic N) is 3. The van der Waals surface area contributed by atoms with Crippen molar-refractivity contribution in [1.82, 2.24) is 14.2 Å². The van der Waals surface area contributed by atoms with Gasteiger partial charge in [-0.15, -0.1) is 0 Å². The predicted octanol–water partition coefficient (Wildman–Crippen LogP) is 3.18. The zero-order valence-corrected chi connectivity index (χ0v) is 18.5. The van der Waals surface area contributed by atoms with Crippen LogP contribution in [0.2, 0.25) is 0 Å². The smallest absolute Gasteiger partial charge is 0.211 e. The normalized spacial score (nSPS) is 24.9. The first-order valence-corrected chi connectivity index (χ1v) is 12.5. The zero-order chi connectivity index (χ0) is 21.4. The molecular formula is C22H30FN3O3S. The number of oxazole rings is 1. The Morgan fingerprint density at radius 2 is 1.97 bits per heavy atom. The summed E-state index contributed by atoms with van der Waals surface area (Å²) in [5.74, 6) is 1.16. The molecule has 30 heavy (non-hydrogen) atoms. The molecule has 2 fully saturated rings. The number of piperidine rings is 2. The number of hydrogen-bond acceptors (Lipinski definition) is 5. The summed E-state index contributed by atoms with van der Waals surface area (Å²) in [6.07, 6.45) is 7.15. The SMILES string of the molecule is C[C@@]1(c2ncc(Cc3ccccc3F)o2)CCCN(C2CCN(S(C)(=O)=O)CC2)C1. The number of likely N-dealkylation sites (tertiary alicyclic amines) is 1. The first kappa shape index (κ1) is 21.5. The molecule has 0 radical (unpaired) electrons. The van der Waals surface area contributed by atoms with Crippen molar-refractivity contribution in [3.8, 4) is 0 Å². The largest absolute Gasteiger partial charge is 0.445 e. The lowest BCUT2D eigenvalue weighted by Crippen LogP contribution is -2.52. The van der Waals surface area contributed by atoms with Crippen molar-refractivity contribution >= 4 is 10.0 Å². The van der Waals surface area contributed by atoms with Gasteiger partial charge in [-0.1, -0.05) is 18.2 Å². The number of benzene rings is 1. The second kappa shape index (κ2) is 8.40. The molecule has 8 heteroatoms. The third-order valence-electron chi connectivity index (χ3n) is 6.53. The third-order valence-corrected chi connectivity index (χ3v) is 7.83. The topological polar surface area (TPSA) is 66.7 Å². The maximum Gasteiger partial charge on any atom is 0.211 e. The number of aromatic nitrogens is 1. The Morgan fingerprint density at radius 3 is 2.67 bits per heavy atom. The van der Waals surface area contributed by atoms with Crippen molar-refractivity contribution < 1.29 is 17.2 Å². The van der Waals surface area contributed by atoms with Crippen LogP contribution in [0.15, 0.2) is 34.9 Å². The van der Waals surface area contributed by atoms with Gasteiger partial charge >= 0.3 is 0 Å². The van der Waals surface area contributed by atoms with Gasteiger partial charge in [-0.05, 0) is 50.8 Å². The molecule has 0 saturated carbocycles. The van der Waals surface area contributed by atoms with E-state index in [1.165, 1.54) is 12.3 Å². The molecule has 2 saturated heterocycles. The Morgan fingerprint density at radius 1 is 1.23 bits per heavy atom. The standard InChI is InChI=1S/C22H30FN3O3S/c1-22(21-24-15-19(29-21)14-17-6-3-4-7-20(17)23)10-5-11-25(16-22)18-8-12-26(13-9-18)30(2,27)28/h3-4,6-7,15,18H,5,8-14,16H2,1-2H3/t22-/m1/s1. The van der Waals surface area contributed by atoms with Crippen molar-refractivity contribution in [2.24, 2.45) is 0 Å². The van der Waals surface area contributed by atoms with E-state index in [-0.39, 0.29) is 11.2 Å². The quantitative estimate of drug-likeness (QED) is 0.722. The van der Waals surface area contributed by atoms with Crippen molar-refractivity contribution in [3.05, 3.63) is 53.5 Å². The fraction of sp³-hybridized carbons (Fsp3) is 0.591. The minimum Gasteiger partial charge on any atom is -0.445 e. The molecule has 0 aliphatic carbocycles. The van der Waals surface area contributed by atoms with Crippen LogP contribution in [0.25, 0.3) is 0 Å². The number of hydrogen-bond donors (Lipinski definition) is 0. The highest BCUT2D eigenvalue weighted by Gasteiger charge is 2.40. The maximum absolute atomic E-state index is 14.0. The van der Waals surface area contributed by atoms with Gasteiger partial charge in [0.25, 0.3) is 0 Å².